The lowest BCUT2D eigenvalue weighted by molar-refractivity contribution is -0.127. The maximum absolute atomic E-state index is 12.1. The van der Waals surface area contributed by atoms with E-state index >= 15 is 0 Å². The Balaban J connectivity index is 2.23. The van der Waals surface area contributed by atoms with Crippen molar-refractivity contribution >= 4 is 11.8 Å². The van der Waals surface area contributed by atoms with Crippen molar-refractivity contribution in [1.82, 2.24) is 15.1 Å². The lowest BCUT2D eigenvalue weighted by Gasteiger charge is -2.33. The number of hydrogen-bond acceptors (Lipinski definition) is 5. The van der Waals surface area contributed by atoms with Crippen LogP contribution in [0.15, 0.2) is 16.9 Å². The third kappa shape index (κ3) is 2.38. The number of amides is 2. The number of rotatable bonds is 2. The Morgan fingerprint density at radius 2 is 2.28 bits per heavy atom. The number of nitrogens with one attached hydrogen (secondary N) is 1. The van der Waals surface area contributed by atoms with Crippen LogP contribution in [0.2, 0.25) is 0 Å². The molecule has 3 N–H and O–H groups in total. The molecule has 2 amide bonds. The number of carbonyl (C=O) groups is 2. The van der Waals surface area contributed by atoms with Crippen molar-refractivity contribution in [3.8, 4) is 0 Å². The van der Waals surface area contributed by atoms with Gasteiger partial charge in [-0.15, -0.1) is 0 Å². The van der Waals surface area contributed by atoms with E-state index in [2.05, 4.69) is 10.2 Å². The highest BCUT2D eigenvalue weighted by molar-refractivity contribution is 5.95. The Bertz CT molecular complexity index is 506. The number of nitrogens with zero attached hydrogens (tertiary/aromatic N) is 2. The van der Waals surface area contributed by atoms with E-state index in [4.69, 9.17) is 10.5 Å². The van der Waals surface area contributed by atoms with Crippen molar-refractivity contribution < 1.29 is 14.3 Å². The second kappa shape index (κ2) is 4.96. The van der Waals surface area contributed by atoms with E-state index in [-0.39, 0.29) is 18.8 Å². The van der Waals surface area contributed by atoms with Crippen LogP contribution in [0.4, 0.5) is 0 Å². The molecule has 1 saturated heterocycles. The number of aromatic amines is 1. The number of nitrogens with two attached hydrogens (primary N) is 1. The quantitative estimate of drug-likeness (QED) is 0.637. The molecule has 1 aromatic rings. The van der Waals surface area contributed by atoms with Crippen LogP contribution in [0.3, 0.4) is 0 Å². The fraction of sp³-hybridized carbons (Fsp3) is 0.400. The number of carbonyl (C=O) groups excluding carboxylic acids is 2. The van der Waals surface area contributed by atoms with Gasteiger partial charge < -0.3 is 15.4 Å². The number of H-pyrrole nitrogens is 1. The van der Waals surface area contributed by atoms with Crippen LogP contribution in [-0.2, 0) is 9.53 Å². The Kier molecular flexibility index (Phi) is 3.38. The van der Waals surface area contributed by atoms with E-state index in [1.54, 1.807) is 0 Å². The van der Waals surface area contributed by atoms with Gasteiger partial charge in [0.1, 0.15) is 11.7 Å². The van der Waals surface area contributed by atoms with Gasteiger partial charge in [0, 0.05) is 12.6 Å². The predicted octanol–water partition coefficient (Wildman–Crippen LogP) is -1.90. The Hall–Kier alpha value is -2.22. The van der Waals surface area contributed by atoms with Gasteiger partial charge in [0.15, 0.2) is 0 Å². The zero-order valence-corrected chi connectivity index (χ0v) is 9.46. The third-order valence-corrected chi connectivity index (χ3v) is 2.62. The first-order valence-corrected chi connectivity index (χ1v) is 5.33. The molecule has 2 rings (SSSR count). The van der Waals surface area contributed by atoms with E-state index in [1.807, 2.05) is 0 Å². The monoisotopic (exact) mass is 252 g/mol. The topological polar surface area (TPSA) is 118 Å². The molecule has 2 heterocycles. The molecule has 96 valence electrons. The average molecular weight is 252 g/mol. The SMILES string of the molecule is NC(=O)C1COCCN1C(=O)c1ccc(=O)[nH]n1. The first-order valence-electron chi connectivity index (χ1n) is 5.33. The van der Waals surface area contributed by atoms with E-state index in [9.17, 15) is 14.4 Å². The van der Waals surface area contributed by atoms with Crippen LogP contribution in [0.1, 0.15) is 10.5 Å². The maximum atomic E-state index is 12.1. The first kappa shape index (κ1) is 12.2. The van der Waals surface area contributed by atoms with Gasteiger partial charge in [-0.3, -0.25) is 14.4 Å². The van der Waals surface area contributed by atoms with Gasteiger partial charge in [-0.1, -0.05) is 0 Å². The molecule has 8 nitrogen and oxygen atoms in total. The zero-order chi connectivity index (χ0) is 13.1. The molecular weight excluding hydrogens is 240 g/mol. The van der Waals surface area contributed by atoms with E-state index in [0.29, 0.717) is 6.61 Å². The second-order valence-corrected chi connectivity index (χ2v) is 3.80. The molecule has 1 aliphatic rings. The van der Waals surface area contributed by atoms with Gasteiger partial charge in [-0.2, -0.15) is 5.10 Å². The molecule has 1 aromatic heterocycles. The molecule has 0 radical (unpaired) electrons. The van der Waals surface area contributed by atoms with Crippen LogP contribution in [0.5, 0.6) is 0 Å². The fourth-order valence-corrected chi connectivity index (χ4v) is 1.69. The standard InChI is InChI=1S/C10H12N4O4/c11-9(16)7-5-18-4-3-14(7)10(17)6-1-2-8(15)13-12-6/h1-2,7H,3-5H2,(H2,11,16)(H,13,15). The molecule has 1 unspecified atom stereocenters. The molecule has 0 aliphatic carbocycles. The van der Waals surface area contributed by atoms with Crippen molar-refractivity contribution in [3.05, 3.63) is 28.2 Å². The molecule has 1 atom stereocenters. The first-order chi connectivity index (χ1) is 8.59. The van der Waals surface area contributed by atoms with Gasteiger partial charge in [0.25, 0.3) is 11.5 Å². The van der Waals surface area contributed by atoms with Crippen molar-refractivity contribution in [2.24, 2.45) is 5.73 Å². The summed E-state index contributed by atoms with van der Waals surface area (Å²) in [5.74, 6) is -1.09. The van der Waals surface area contributed by atoms with Crippen molar-refractivity contribution in [3.63, 3.8) is 0 Å². The summed E-state index contributed by atoms with van der Waals surface area (Å²) in [5.41, 5.74) is 4.86. The molecular formula is C10H12N4O4. The minimum atomic E-state index is -0.806. The highest BCUT2D eigenvalue weighted by Gasteiger charge is 2.32. The molecule has 0 bridgehead atoms. The fourth-order valence-electron chi connectivity index (χ4n) is 1.69. The highest BCUT2D eigenvalue weighted by Crippen LogP contribution is 2.10. The second-order valence-electron chi connectivity index (χ2n) is 3.80. The maximum Gasteiger partial charge on any atom is 0.275 e. The van der Waals surface area contributed by atoms with E-state index in [1.165, 1.54) is 17.0 Å². The average Bonchev–Trinajstić information content (AvgIpc) is 2.39. The van der Waals surface area contributed by atoms with E-state index in [0.717, 1.165) is 0 Å². The largest absolute Gasteiger partial charge is 0.377 e. The van der Waals surface area contributed by atoms with Gasteiger partial charge in [-0.05, 0) is 6.07 Å². The van der Waals surface area contributed by atoms with Gasteiger partial charge >= 0.3 is 0 Å². The normalized spacial score (nSPS) is 19.6. The van der Waals surface area contributed by atoms with Crippen molar-refractivity contribution in [1.29, 1.82) is 0 Å². The minimum Gasteiger partial charge on any atom is -0.377 e. The summed E-state index contributed by atoms with van der Waals surface area (Å²) in [5, 5.41) is 5.79. The number of morpholine rings is 1. The number of primary amides is 1. The summed E-state index contributed by atoms with van der Waals surface area (Å²) in [7, 11) is 0. The summed E-state index contributed by atoms with van der Waals surface area (Å²) < 4.78 is 5.11. The smallest absolute Gasteiger partial charge is 0.275 e. The van der Waals surface area contributed by atoms with Crippen molar-refractivity contribution in [2.45, 2.75) is 6.04 Å². The van der Waals surface area contributed by atoms with Crippen LogP contribution in [-0.4, -0.2) is 52.7 Å². The van der Waals surface area contributed by atoms with Gasteiger partial charge in [0.05, 0.1) is 13.2 Å². The highest BCUT2D eigenvalue weighted by atomic mass is 16.5. The van der Waals surface area contributed by atoms with Crippen LogP contribution >= 0.6 is 0 Å². The van der Waals surface area contributed by atoms with Crippen LogP contribution in [0.25, 0.3) is 0 Å². The van der Waals surface area contributed by atoms with Crippen LogP contribution in [0, 0.1) is 0 Å². The summed E-state index contributed by atoms with van der Waals surface area (Å²) >= 11 is 0. The Morgan fingerprint density at radius 3 is 2.89 bits per heavy atom. The van der Waals surface area contributed by atoms with E-state index < -0.39 is 23.4 Å². The molecule has 0 saturated carbocycles. The van der Waals surface area contributed by atoms with Crippen molar-refractivity contribution in [2.75, 3.05) is 19.8 Å². The summed E-state index contributed by atoms with van der Waals surface area (Å²) in [6.07, 6.45) is 0. The summed E-state index contributed by atoms with van der Waals surface area (Å²) in [4.78, 5) is 35.5. The summed E-state index contributed by atoms with van der Waals surface area (Å²) in [6.45, 7) is 0.663. The summed E-state index contributed by atoms with van der Waals surface area (Å²) in [6, 6.07) is 1.69. The number of hydrogen-bond donors (Lipinski definition) is 2. The molecule has 1 fully saturated rings. The molecule has 0 spiro atoms. The Morgan fingerprint density at radius 1 is 1.50 bits per heavy atom. The predicted molar refractivity (Wildman–Crippen MR) is 59.7 cm³/mol. The number of aromatic nitrogens is 2. The molecule has 0 aromatic carbocycles. The van der Waals surface area contributed by atoms with Gasteiger partial charge in [0.2, 0.25) is 5.91 Å². The zero-order valence-electron chi connectivity index (χ0n) is 9.46. The van der Waals surface area contributed by atoms with Crippen LogP contribution < -0.4 is 11.3 Å². The third-order valence-electron chi connectivity index (χ3n) is 2.62. The molecule has 18 heavy (non-hydrogen) atoms. The lowest BCUT2D eigenvalue weighted by Crippen LogP contribution is -2.54. The number of ether oxygens (including phenoxy) is 1. The molecule has 1 aliphatic heterocycles. The lowest BCUT2D eigenvalue weighted by atomic mass is 10.2. The minimum absolute atomic E-state index is 0.0581. The molecule has 8 heteroatoms. The Labute approximate surface area is 102 Å². The van der Waals surface area contributed by atoms with Gasteiger partial charge in [-0.25, -0.2) is 5.10 Å².